The molecule has 0 bridgehead atoms. The average Bonchev–Trinajstić information content (AvgIpc) is 2.94. The molecule has 1 aliphatic rings. The van der Waals surface area contributed by atoms with Crippen LogP contribution in [0.25, 0.3) is 11.3 Å². The number of aromatic amines is 1. The molecule has 1 aromatic carbocycles. The van der Waals surface area contributed by atoms with Crippen molar-refractivity contribution in [3.8, 4) is 0 Å². The third-order valence-corrected chi connectivity index (χ3v) is 3.53. The SMILES string of the molecule is CSc1n[nH]c(C2=C(O)c3ccccc3C(=O)C2=O)n1. The Morgan fingerprint density at radius 2 is 1.85 bits per heavy atom. The highest BCUT2D eigenvalue weighted by molar-refractivity contribution is 7.98. The molecule has 2 aromatic rings. The molecule has 1 heterocycles. The molecule has 1 aliphatic carbocycles. The van der Waals surface area contributed by atoms with Gasteiger partial charge in [-0.1, -0.05) is 36.0 Å². The van der Waals surface area contributed by atoms with Gasteiger partial charge >= 0.3 is 0 Å². The maximum atomic E-state index is 12.1. The Morgan fingerprint density at radius 1 is 1.15 bits per heavy atom. The zero-order chi connectivity index (χ0) is 14.3. The number of benzene rings is 1. The van der Waals surface area contributed by atoms with E-state index in [0.29, 0.717) is 10.7 Å². The molecule has 1 aromatic heterocycles. The molecule has 6 nitrogen and oxygen atoms in total. The predicted molar refractivity (Wildman–Crippen MR) is 73.4 cm³/mol. The summed E-state index contributed by atoms with van der Waals surface area (Å²) < 4.78 is 0. The van der Waals surface area contributed by atoms with E-state index in [-0.39, 0.29) is 22.7 Å². The summed E-state index contributed by atoms with van der Waals surface area (Å²) in [5.74, 6) is -1.60. The van der Waals surface area contributed by atoms with Crippen LogP contribution in [0.15, 0.2) is 29.4 Å². The van der Waals surface area contributed by atoms with Crippen molar-refractivity contribution < 1.29 is 14.7 Å². The van der Waals surface area contributed by atoms with Crippen LogP contribution in [0.4, 0.5) is 0 Å². The second-order valence-electron chi connectivity index (χ2n) is 4.10. The number of hydrogen-bond acceptors (Lipinski definition) is 6. The molecule has 0 saturated carbocycles. The van der Waals surface area contributed by atoms with Crippen LogP contribution in [0.2, 0.25) is 0 Å². The number of allylic oxidation sites excluding steroid dienone is 1. The number of Topliss-reactive ketones (excluding diaryl/α,β-unsaturated/α-hetero) is 2. The number of fused-ring (bicyclic) bond motifs is 1. The van der Waals surface area contributed by atoms with Gasteiger partial charge in [0.1, 0.15) is 11.3 Å². The van der Waals surface area contributed by atoms with Crippen LogP contribution in [0.3, 0.4) is 0 Å². The fourth-order valence-electron chi connectivity index (χ4n) is 2.03. The molecule has 0 fully saturated rings. The highest BCUT2D eigenvalue weighted by atomic mass is 32.2. The van der Waals surface area contributed by atoms with Crippen LogP contribution in [0.5, 0.6) is 0 Å². The summed E-state index contributed by atoms with van der Waals surface area (Å²) in [4.78, 5) is 28.3. The van der Waals surface area contributed by atoms with Crippen molar-refractivity contribution >= 4 is 34.7 Å². The Balaban J connectivity index is 2.23. The van der Waals surface area contributed by atoms with Gasteiger partial charge in [-0.05, 0) is 6.26 Å². The second kappa shape index (κ2) is 4.61. The minimum absolute atomic E-state index is 0.0969. The molecule has 0 atom stereocenters. The zero-order valence-electron chi connectivity index (χ0n) is 10.4. The maximum Gasteiger partial charge on any atom is 0.241 e. The normalized spacial score (nSPS) is 14.7. The number of hydrogen-bond donors (Lipinski definition) is 2. The fourth-order valence-corrected chi connectivity index (χ4v) is 2.35. The molecule has 0 saturated heterocycles. The lowest BCUT2D eigenvalue weighted by Gasteiger charge is -2.15. The molecule has 0 amide bonds. The van der Waals surface area contributed by atoms with Crippen LogP contribution in [0.1, 0.15) is 21.7 Å². The van der Waals surface area contributed by atoms with E-state index in [1.807, 2.05) is 0 Å². The average molecular weight is 287 g/mol. The molecule has 20 heavy (non-hydrogen) atoms. The molecule has 0 aliphatic heterocycles. The summed E-state index contributed by atoms with van der Waals surface area (Å²) in [6.45, 7) is 0. The number of thioether (sulfide) groups is 1. The van der Waals surface area contributed by atoms with Crippen molar-refractivity contribution in [2.45, 2.75) is 5.16 Å². The number of aromatic nitrogens is 3. The van der Waals surface area contributed by atoms with Crippen LogP contribution in [-0.2, 0) is 4.79 Å². The number of H-pyrrole nitrogens is 1. The van der Waals surface area contributed by atoms with Crippen LogP contribution in [0, 0.1) is 0 Å². The van der Waals surface area contributed by atoms with Gasteiger partial charge in [0.05, 0.1) is 0 Å². The Hall–Kier alpha value is -2.41. The molecule has 3 rings (SSSR count). The highest BCUT2D eigenvalue weighted by Gasteiger charge is 2.35. The van der Waals surface area contributed by atoms with Crippen molar-refractivity contribution in [1.82, 2.24) is 15.2 Å². The summed E-state index contributed by atoms with van der Waals surface area (Å²) in [6, 6.07) is 6.42. The maximum absolute atomic E-state index is 12.1. The van der Waals surface area contributed by atoms with Crippen molar-refractivity contribution in [2.24, 2.45) is 0 Å². The Morgan fingerprint density at radius 3 is 2.50 bits per heavy atom. The number of carbonyl (C=O) groups is 2. The molecule has 0 spiro atoms. The lowest BCUT2D eigenvalue weighted by molar-refractivity contribution is -0.110. The minimum Gasteiger partial charge on any atom is -0.506 e. The van der Waals surface area contributed by atoms with Crippen LogP contribution >= 0.6 is 11.8 Å². The number of nitrogens with one attached hydrogen (secondary N) is 1. The van der Waals surface area contributed by atoms with Gasteiger partial charge in [-0.25, -0.2) is 4.98 Å². The molecule has 2 N–H and O–H groups in total. The third-order valence-electron chi connectivity index (χ3n) is 2.98. The Kier molecular flexibility index (Phi) is 2.90. The first-order chi connectivity index (χ1) is 9.63. The standard InChI is InChI=1S/C13H9N3O3S/c1-20-13-14-12(15-16-13)8-9(17)6-4-2-3-5-7(6)10(18)11(8)19/h2-5,17H,1H3,(H,14,15,16). The predicted octanol–water partition coefficient (Wildman–Crippen LogP) is 1.72. The number of aliphatic hydroxyl groups is 1. The number of ketones is 2. The lowest BCUT2D eigenvalue weighted by Crippen LogP contribution is -2.23. The summed E-state index contributed by atoms with van der Waals surface area (Å²) in [7, 11) is 0. The molecule has 100 valence electrons. The first kappa shape index (κ1) is 12.6. The fraction of sp³-hybridized carbons (Fsp3) is 0.0769. The number of nitrogens with zero attached hydrogens (tertiary/aromatic N) is 2. The molecule has 0 unspecified atom stereocenters. The van der Waals surface area contributed by atoms with E-state index in [9.17, 15) is 14.7 Å². The summed E-state index contributed by atoms with van der Waals surface area (Å²) in [5, 5.41) is 17.1. The summed E-state index contributed by atoms with van der Waals surface area (Å²) >= 11 is 1.29. The van der Waals surface area contributed by atoms with Crippen molar-refractivity contribution in [1.29, 1.82) is 0 Å². The Bertz CT molecular complexity index is 764. The van der Waals surface area contributed by atoms with Gasteiger partial charge in [-0.15, -0.1) is 5.10 Å². The van der Waals surface area contributed by atoms with E-state index in [2.05, 4.69) is 15.2 Å². The molecule has 0 radical (unpaired) electrons. The quantitative estimate of drug-likeness (QED) is 0.645. The Labute approximate surface area is 117 Å². The van der Waals surface area contributed by atoms with Crippen molar-refractivity contribution in [3.05, 3.63) is 41.2 Å². The van der Waals surface area contributed by atoms with E-state index in [4.69, 9.17) is 0 Å². The monoisotopic (exact) mass is 287 g/mol. The first-order valence-corrected chi connectivity index (χ1v) is 6.94. The van der Waals surface area contributed by atoms with E-state index >= 15 is 0 Å². The van der Waals surface area contributed by atoms with Crippen LogP contribution in [-0.4, -0.2) is 38.1 Å². The van der Waals surface area contributed by atoms with Gasteiger partial charge in [-0.3, -0.25) is 14.7 Å². The molecular weight excluding hydrogens is 278 g/mol. The lowest BCUT2D eigenvalue weighted by atomic mass is 9.88. The van der Waals surface area contributed by atoms with Gasteiger partial charge in [-0.2, -0.15) is 0 Å². The van der Waals surface area contributed by atoms with Crippen LogP contribution < -0.4 is 0 Å². The van der Waals surface area contributed by atoms with E-state index in [1.165, 1.54) is 17.8 Å². The second-order valence-corrected chi connectivity index (χ2v) is 4.87. The number of rotatable bonds is 2. The zero-order valence-corrected chi connectivity index (χ0v) is 11.2. The minimum atomic E-state index is -0.787. The number of aliphatic hydroxyl groups excluding tert-OH is 1. The third kappa shape index (κ3) is 1.75. The van der Waals surface area contributed by atoms with Crippen molar-refractivity contribution in [3.63, 3.8) is 0 Å². The molecule has 7 heteroatoms. The van der Waals surface area contributed by atoms with Crippen molar-refractivity contribution in [2.75, 3.05) is 6.26 Å². The summed E-state index contributed by atoms with van der Waals surface area (Å²) in [5.41, 5.74) is 0.388. The largest absolute Gasteiger partial charge is 0.506 e. The summed E-state index contributed by atoms with van der Waals surface area (Å²) in [6.07, 6.45) is 1.78. The highest BCUT2D eigenvalue weighted by Crippen LogP contribution is 2.32. The topological polar surface area (TPSA) is 95.9 Å². The molecular formula is C13H9N3O3S. The van der Waals surface area contributed by atoms with Gasteiger partial charge in [0.15, 0.2) is 5.82 Å². The van der Waals surface area contributed by atoms with E-state index in [0.717, 1.165) is 0 Å². The first-order valence-electron chi connectivity index (χ1n) is 5.72. The van der Waals surface area contributed by atoms with Gasteiger partial charge in [0.2, 0.25) is 16.7 Å². The van der Waals surface area contributed by atoms with E-state index in [1.54, 1.807) is 24.5 Å². The number of carbonyl (C=O) groups excluding carboxylic acids is 2. The van der Waals surface area contributed by atoms with E-state index < -0.39 is 11.6 Å². The van der Waals surface area contributed by atoms with Gasteiger partial charge in [0, 0.05) is 11.1 Å². The van der Waals surface area contributed by atoms with Gasteiger partial charge < -0.3 is 5.11 Å². The smallest absolute Gasteiger partial charge is 0.241 e. The van der Waals surface area contributed by atoms with Gasteiger partial charge in [0.25, 0.3) is 0 Å².